The first-order valence-corrected chi connectivity index (χ1v) is 13.5. The Hall–Kier alpha value is -3.10. The number of allylic oxidation sites excluding steroid dienone is 1. The largest absolute Gasteiger partial charge is 0.508 e. The third-order valence-corrected chi connectivity index (χ3v) is 7.25. The standard InChI is InChI=1S/C29H38N2O5S/c1-6-7-15-26(33)21(5)31(18-37-19(2)3)29(36)27(34)24(17-22-12-9-8-10-13-22)30-28(35)23-14-11-16-25(32)20(23)4/h6,8-14,16,19,21,24,27,32,34H,1,7,15,17-18H2,2-5H3,(H,30,35)/t21-,24-,27-/m0/s1. The first-order chi connectivity index (χ1) is 17.6. The topological polar surface area (TPSA) is 107 Å². The quantitative estimate of drug-likeness (QED) is 0.251. The van der Waals surface area contributed by atoms with Gasteiger partial charge in [-0.05, 0) is 44.4 Å². The number of phenols is 1. The molecule has 0 saturated carbocycles. The molecule has 0 bridgehead atoms. The highest BCUT2D eigenvalue weighted by atomic mass is 32.2. The van der Waals surface area contributed by atoms with E-state index in [2.05, 4.69) is 11.9 Å². The smallest absolute Gasteiger partial charge is 0.254 e. The van der Waals surface area contributed by atoms with E-state index in [1.807, 2.05) is 44.2 Å². The molecule has 2 amide bonds. The third kappa shape index (κ3) is 8.76. The minimum absolute atomic E-state index is 0.0207. The zero-order valence-corrected chi connectivity index (χ0v) is 22.8. The van der Waals surface area contributed by atoms with Gasteiger partial charge in [-0.25, -0.2) is 0 Å². The minimum Gasteiger partial charge on any atom is -0.508 e. The SMILES string of the molecule is C=CCCC(=O)[C@H](C)N(CSC(C)C)C(=O)[C@@H](O)[C@H](Cc1ccccc1)NC(=O)c1cccc(O)c1C. The van der Waals surface area contributed by atoms with Crippen LogP contribution in [0.2, 0.25) is 0 Å². The molecule has 7 nitrogen and oxygen atoms in total. The molecular weight excluding hydrogens is 488 g/mol. The summed E-state index contributed by atoms with van der Waals surface area (Å²) in [5.74, 6) is -1.05. The average molecular weight is 527 g/mol. The number of rotatable bonds is 14. The van der Waals surface area contributed by atoms with E-state index < -0.39 is 30.0 Å². The zero-order chi connectivity index (χ0) is 27.5. The lowest BCUT2D eigenvalue weighted by Crippen LogP contribution is -2.55. The summed E-state index contributed by atoms with van der Waals surface area (Å²) in [6, 6.07) is 12.2. The Kier molecular flexibility index (Phi) is 11.9. The summed E-state index contributed by atoms with van der Waals surface area (Å²) in [4.78, 5) is 41.0. The number of Topliss-reactive ketones (excluding diaryl/α,β-unsaturated/α-hetero) is 1. The van der Waals surface area contributed by atoms with Crippen molar-refractivity contribution in [3.8, 4) is 5.75 Å². The van der Waals surface area contributed by atoms with Gasteiger partial charge in [0.1, 0.15) is 5.75 Å². The number of hydrogen-bond donors (Lipinski definition) is 3. The van der Waals surface area contributed by atoms with Crippen LogP contribution < -0.4 is 5.32 Å². The summed E-state index contributed by atoms with van der Waals surface area (Å²) < 4.78 is 0. The zero-order valence-electron chi connectivity index (χ0n) is 22.0. The lowest BCUT2D eigenvalue weighted by atomic mass is 9.98. The fourth-order valence-corrected chi connectivity index (χ4v) is 4.60. The van der Waals surface area contributed by atoms with Crippen molar-refractivity contribution in [2.24, 2.45) is 0 Å². The van der Waals surface area contributed by atoms with Crippen molar-refractivity contribution in [1.82, 2.24) is 10.2 Å². The highest BCUT2D eigenvalue weighted by Crippen LogP contribution is 2.21. The van der Waals surface area contributed by atoms with Crippen molar-refractivity contribution < 1.29 is 24.6 Å². The van der Waals surface area contributed by atoms with E-state index in [1.165, 1.54) is 22.7 Å². The van der Waals surface area contributed by atoms with Crippen molar-refractivity contribution in [1.29, 1.82) is 0 Å². The van der Waals surface area contributed by atoms with Gasteiger partial charge < -0.3 is 20.4 Å². The number of aromatic hydroxyl groups is 1. The lowest BCUT2D eigenvalue weighted by Gasteiger charge is -2.33. The van der Waals surface area contributed by atoms with Crippen LogP contribution in [0.25, 0.3) is 0 Å². The van der Waals surface area contributed by atoms with Crippen molar-refractivity contribution >= 4 is 29.4 Å². The molecule has 3 N–H and O–H groups in total. The molecule has 0 aliphatic carbocycles. The molecule has 0 aliphatic heterocycles. The summed E-state index contributed by atoms with van der Waals surface area (Å²) in [7, 11) is 0. The van der Waals surface area contributed by atoms with Crippen LogP contribution in [0.3, 0.4) is 0 Å². The summed E-state index contributed by atoms with van der Waals surface area (Å²) in [6.45, 7) is 10.9. The number of phenolic OH excluding ortho intramolecular Hbond substituents is 1. The molecule has 2 aromatic carbocycles. The van der Waals surface area contributed by atoms with Gasteiger partial charge in [0.25, 0.3) is 11.8 Å². The predicted molar refractivity (Wildman–Crippen MR) is 149 cm³/mol. The molecule has 8 heteroatoms. The molecule has 0 spiro atoms. The highest BCUT2D eigenvalue weighted by Gasteiger charge is 2.35. The van der Waals surface area contributed by atoms with Crippen LogP contribution in [0.15, 0.2) is 61.2 Å². The summed E-state index contributed by atoms with van der Waals surface area (Å²) in [5.41, 5.74) is 1.47. The van der Waals surface area contributed by atoms with Gasteiger partial charge in [-0.2, -0.15) is 0 Å². The Morgan fingerprint density at radius 1 is 1.08 bits per heavy atom. The second-order valence-electron chi connectivity index (χ2n) is 9.29. The number of hydrogen-bond acceptors (Lipinski definition) is 6. The summed E-state index contributed by atoms with van der Waals surface area (Å²) >= 11 is 1.49. The fourth-order valence-electron chi connectivity index (χ4n) is 3.79. The number of aliphatic hydroxyl groups excluding tert-OH is 1. The summed E-state index contributed by atoms with van der Waals surface area (Å²) in [5, 5.41) is 24.4. The monoisotopic (exact) mass is 526 g/mol. The number of nitrogens with zero attached hydrogens (tertiary/aromatic N) is 1. The molecule has 2 aromatic rings. The highest BCUT2D eigenvalue weighted by molar-refractivity contribution is 7.99. The Morgan fingerprint density at radius 2 is 1.76 bits per heavy atom. The molecule has 3 atom stereocenters. The first kappa shape index (κ1) is 30.1. The number of carbonyl (C=O) groups is 3. The number of thioether (sulfide) groups is 1. The molecule has 0 radical (unpaired) electrons. The van der Waals surface area contributed by atoms with Gasteiger partial charge in [-0.15, -0.1) is 18.3 Å². The molecular formula is C29H38N2O5S. The molecule has 0 unspecified atom stereocenters. The molecule has 0 aliphatic rings. The maximum Gasteiger partial charge on any atom is 0.254 e. The number of ketones is 1. The second kappa shape index (κ2) is 14.6. The minimum atomic E-state index is -1.59. The summed E-state index contributed by atoms with van der Waals surface area (Å²) in [6.07, 6.45) is 1.01. The first-order valence-electron chi connectivity index (χ1n) is 12.4. The van der Waals surface area contributed by atoms with Gasteiger partial charge in [0, 0.05) is 22.8 Å². The van der Waals surface area contributed by atoms with Crippen molar-refractivity contribution in [2.75, 3.05) is 5.88 Å². The van der Waals surface area contributed by atoms with E-state index in [0.717, 1.165) is 5.56 Å². The maximum absolute atomic E-state index is 13.6. The predicted octanol–water partition coefficient (Wildman–Crippen LogP) is 4.25. The Balaban J connectivity index is 2.36. The van der Waals surface area contributed by atoms with Crippen molar-refractivity contribution in [3.05, 3.63) is 77.9 Å². The van der Waals surface area contributed by atoms with Crippen molar-refractivity contribution in [3.63, 3.8) is 0 Å². The Bertz CT molecular complexity index is 1070. The van der Waals surface area contributed by atoms with E-state index in [1.54, 1.807) is 32.1 Å². The molecule has 200 valence electrons. The number of benzene rings is 2. The van der Waals surface area contributed by atoms with E-state index >= 15 is 0 Å². The van der Waals surface area contributed by atoms with Gasteiger partial charge in [0.15, 0.2) is 11.9 Å². The second-order valence-corrected chi connectivity index (χ2v) is 10.8. The molecule has 2 rings (SSSR count). The Morgan fingerprint density at radius 3 is 2.38 bits per heavy atom. The lowest BCUT2D eigenvalue weighted by molar-refractivity contribution is -0.146. The van der Waals surface area contributed by atoms with E-state index in [-0.39, 0.29) is 41.1 Å². The molecule has 0 saturated heterocycles. The Labute approximate surface area is 224 Å². The number of nitrogens with one attached hydrogen (secondary N) is 1. The van der Waals surface area contributed by atoms with Crippen LogP contribution in [-0.4, -0.2) is 62.0 Å². The number of amides is 2. The molecule has 0 fully saturated rings. The normalized spacial score (nSPS) is 13.5. The van der Waals surface area contributed by atoms with Gasteiger partial charge in [-0.3, -0.25) is 14.4 Å². The van der Waals surface area contributed by atoms with Crippen LogP contribution in [0, 0.1) is 6.92 Å². The van der Waals surface area contributed by atoms with E-state index in [0.29, 0.717) is 12.0 Å². The van der Waals surface area contributed by atoms with Gasteiger partial charge in [0.2, 0.25) is 0 Å². The van der Waals surface area contributed by atoms with Crippen LogP contribution in [-0.2, 0) is 16.0 Å². The number of carbonyl (C=O) groups excluding carboxylic acids is 3. The van der Waals surface area contributed by atoms with Gasteiger partial charge in [-0.1, -0.05) is 56.3 Å². The molecule has 0 aromatic heterocycles. The van der Waals surface area contributed by atoms with Crippen LogP contribution >= 0.6 is 11.8 Å². The number of aliphatic hydroxyl groups is 1. The van der Waals surface area contributed by atoms with Gasteiger partial charge in [0.05, 0.1) is 18.0 Å². The third-order valence-electron chi connectivity index (χ3n) is 6.16. The fraction of sp³-hybridized carbons (Fsp3) is 0.414. The van der Waals surface area contributed by atoms with Crippen LogP contribution in [0.4, 0.5) is 0 Å². The average Bonchev–Trinajstić information content (AvgIpc) is 2.88. The maximum atomic E-state index is 13.6. The van der Waals surface area contributed by atoms with E-state index in [4.69, 9.17) is 0 Å². The van der Waals surface area contributed by atoms with Gasteiger partial charge >= 0.3 is 0 Å². The van der Waals surface area contributed by atoms with Crippen LogP contribution in [0.5, 0.6) is 5.75 Å². The molecule has 37 heavy (non-hydrogen) atoms. The van der Waals surface area contributed by atoms with Crippen molar-refractivity contribution in [2.45, 2.75) is 70.4 Å². The van der Waals surface area contributed by atoms with Crippen LogP contribution in [0.1, 0.15) is 55.1 Å². The van der Waals surface area contributed by atoms with E-state index in [9.17, 15) is 24.6 Å². The molecule has 0 heterocycles.